The number of nitrogens with zero attached hydrogens (tertiary/aromatic N) is 1. The van der Waals surface area contributed by atoms with Gasteiger partial charge < -0.3 is 0 Å². The average molecular weight is 219 g/mol. The molecule has 4 heteroatoms. The van der Waals surface area contributed by atoms with Crippen LogP contribution in [-0.4, -0.2) is 9.74 Å². The standard InChI is InChI=1S/C11H9NO2S/c1-8(13)9-2-4-10(5-3-9)12-11(14)6-7-15-12/h2-7H,1H3. The van der Waals surface area contributed by atoms with Crippen molar-refractivity contribution < 1.29 is 4.79 Å². The van der Waals surface area contributed by atoms with E-state index in [4.69, 9.17) is 0 Å². The lowest BCUT2D eigenvalue weighted by Gasteiger charge is -2.00. The Labute approximate surface area is 90.8 Å². The normalized spacial score (nSPS) is 10.2. The Bertz CT molecular complexity index is 536. The largest absolute Gasteiger partial charge is 0.295 e. The van der Waals surface area contributed by atoms with Gasteiger partial charge in [0.1, 0.15) is 0 Å². The fraction of sp³-hybridized carbons (Fsp3) is 0.0909. The van der Waals surface area contributed by atoms with Crippen LogP contribution in [0.25, 0.3) is 5.69 Å². The van der Waals surface area contributed by atoms with Crippen molar-refractivity contribution in [3.8, 4) is 5.69 Å². The van der Waals surface area contributed by atoms with Crippen molar-refractivity contribution >= 4 is 17.3 Å². The molecule has 0 saturated heterocycles. The Morgan fingerprint density at radius 3 is 2.33 bits per heavy atom. The van der Waals surface area contributed by atoms with Gasteiger partial charge in [-0.3, -0.25) is 9.59 Å². The lowest BCUT2D eigenvalue weighted by Crippen LogP contribution is -2.09. The summed E-state index contributed by atoms with van der Waals surface area (Å²) in [5, 5.41) is 1.74. The van der Waals surface area contributed by atoms with Crippen LogP contribution in [0.15, 0.2) is 40.5 Å². The maximum absolute atomic E-state index is 11.3. The summed E-state index contributed by atoms with van der Waals surface area (Å²) in [5.74, 6) is 0.0278. The first kappa shape index (κ1) is 9.86. The van der Waals surface area contributed by atoms with E-state index in [-0.39, 0.29) is 11.3 Å². The fourth-order valence-electron chi connectivity index (χ4n) is 1.29. The van der Waals surface area contributed by atoms with Gasteiger partial charge in [-0.15, -0.1) is 0 Å². The molecule has 0 saturated carbocycles. The smallest absolute Gasteiger partial charge is 0.265 e. The van der Waals surface area contributed by atoms with Crippen LogP contribution in [0.4, 0.5) is 0 Å². The second kappa shape index (κ2) is 3.82. The molecule has 15 heavy (non-hydrogen) atoms. The summed E-state index contributed by atoms with van der Waals surface area (Å²) in [5.41, 5.74) is 1.40. The van der Waals surface area contributed by atoms with E-state index in [1.54, 1.807) is 33.6 Å². The maximum Gasteiger partial charge on any atom is 0.265 e. The topological polar surface area (TPSA) is 39.1 Å². The molecule has 1 aromatic carbocycles. The second-order valence-electron chi connectivity index (χ2n) is 3.14. The number of carbonyl (C=O) groups excluding carboxylic acids is 1. The van der Waals surface area contributed by atoms with Crippen LogP contribution in [-0.2, 0) is 0 Å². The highest BCUT2D eigenvalue weighted by atomic mass is 32.1. The summed E-state index contributed by atoms with van der Waals surface area (Å²) in [4.78, 5) is 22.4. The molecule has 1 aromatic heterocycles. The minimum atomic E-state index is -0.0458. The van der Waals surface area contributed by atoms with Crippen LogP contribution in [0.1, 0.15) is 17.3 Å². The Hall–Kier alpha value is -1.68. The van der Waals surface area contributed by atoms with Crippen molar-refractivity contribution in [3.05, 3.63) is 51.6 Å². The summed E-state index contributed by atoms with van der Waals surface area (Å²) in [6.45, 7) is 1.52. The third-order valence-corrected chi connectivity index (χ3v) is 2.94. The van der Waals surface area contributed by atoms with Crippen LogP contribution in [0.5, 0.6) is 0 Å². The van der Waals surface area contributed by atoms with E-state index in [1.807, 2.05) is 0 Å². The summed E-state index contributed by atoms with van der Waals surface area (Å²) in [7, 11) is 0. The number of hydrogen-bond acceptors (Lipinski definition) is 3. The quantitative estimate of drug-likeness (QED) is 0.725. The van der Waals surface area contributed by atoms with Gasteiger partial charge >= 0.3 is 0 Å². The molecular formula is C11H9NO2S. The lowest BCUT2D eigenvalue weighted by atomic mass is 10.1. The molecule has 0 aliphatic carbocycles. The first-order valence-corrected chi connectivity index (χ1v) is 5.30. The van der Waals surface area contributed by atoms with Gasteiger partial charge in [0.15, 0.2) is 5.78 Å². The monoisotopic (exact) mass is 219 g/mol. The van der Waals surface area contributed by atoms with E-state index in [1.165, 1.54) is 24.5 Å². The maximum atomic E-state index is 11.3. The zero-order valence-corrected chi connectivity index (χ0v) is 8.95. The van der Waals surface area contributed by atoms with E-state index < -0.39 is 0 Å². The Morgan fingerprint density at radius 2 is 1.87 bits per heavy atom. The summed E-state index contributed by atoms with van der Waals surface area (Å²) in [6.07, 6.45) is 0. The number of carbonyl (C=O) groups is 1. The van der Waals surface area contributed by atoms with E-state index >= 15 is 0 Å². The molecule has 0 fully saturated rings. The second-order valence-corrected chi connectivity index (χ2v) is 3.99. The van der Waals surface area contributed by atoms with Gasteiger partial charge in [-0.2, -0.15) is 0 Å². The van der Waals surface area contributed by atoms with Crippen molar-refractivity contribution in [1.82, 2.24) is 3.96 Å². The van der Waals surface area contributed by atoms with E-state index in [0.29, 0.717) is 5.56 Å². The van der Waals surface area contributed by atoms with E-state index in [9.17, 15) is 9.59 Å². The summed E-state index contributed by atoms with van der Waals surface area (Å²) < 4.78 is 1.57. The minimum Gasteiger partial charge on any atom is -0.295 e. The minimum absolute atomic E-state index is 0.0278. The molecule has 2 aromatic rings. The molecule has 0 aliphatic rings. The van der Waals surface area contributed by atoms with Gasteiger partial charge in [0, 0.05) is 17.0 Å². The molecule has 0 amide bonds. The zero-order chi connectivity index (χ0) is 10.8. The highest BCUT2D eigenvalue weighted by Crippen LogP contribution is 2.10. The Morgan fingerprint density at radius 1 is 1.20 bits per heavy atom. The van der Waals surface area contributed by atoms with Crippen LogP contribution in [0, 0.1) is 0 Å². The van der Waals surface area contributed by atoms with Crippen molar-refractivity contribution in [1.29, 1.82) is 0 Å². The van der Waals surface area contributed by atoms with E-state index in [2.05, 4.69) is 0 Å². The number of Topliss-reactive ketones (excluding diaryl/α,β-unsaturated/α-hetero) is 1. The molecule has 1 heterocycles. The third kappa shape index (κ3) is 1.89. The first-order valence-electron chi connectivity index (χ1n) is 4.47. The lowest BCUT2D eigenvalue weighted by molar-refractivity contribution is 0.101. The first-order chi connectivity index (χ1) is 7.18. The molecule has 2 rings (SSSR count). The van der Waals surface area contributed by atoms with Crippen molar-refractivity contribution in [2.24, 2.45) is 0 Å². The van der Waals surface area contributed by atoms with E-state index in [0.717, 1.165) is 5.69 Å². The number of rotatable bonds is 2. The Kier molecular flexibility index (Phi) is 2.51. The molecule has 76 valence electrons. The van der Waals surface area contributed by atoms with Crippen molar-refractivity contribution in [3.63, 3.8) is 0 Å². The van der Waals surface area contributed by atoms with Gasteiger partial charge in [0.25, 0.3) is 5.56 Å². The van der Waals surface area contributed by atoms with Gasteiger partial charge in [0.05, 0.1) is 5.69 Å². The van der Waals surface area contributed by atoms with Crippen LogP contribution in [0.2, 0.25) is 0 Å². The van der Waals surface area contributed by atoms with Crippen LogP contribution >= 0.6 is 11.5 Å². The predicted octanol–water partition coefficient (Wildman–Crippen LogP) is 2.10. The zero-order valence-electron chi connectivity index (χ0n) is 8.14. The van der Waals surface area contributed by atoms with Gasteiger partial charge in [-0.05, 0) is 31.2 Å². The van der Waals surface area contributed by atoms with Crippen molar-refractivity contribution in [2.45, 2.75) is 6.92 Å². The highest BCUT2D eigenvalue weighted by molar-refractivity contribution is 7.04. The number of benzene rings is 1. The van der Waals surface area contributed by atoms with Gasteiger partial charge in [-0.25, -0.2) is 3.96 Å². The highest BCUT2D eigenvalue weighted by Gasteiger charge is 2.02. The summed E-state index contributed by atoms with van der Waals surface area (Å²) >= 11 is 1.34. The molecule has 0 atom stereocenters. The fourth-order valence-corrected chi connectivity index (χ4v) is 2.00. The van der Waals surface area contributed by atoms with Crippen LogP contribution < -0.4 is 5.56 Å². The van der Waals surface area contributed by atoms with Gasteiger partial charge in [-0.1, -0.05) is 11.5 Å². The SMILES string of the molecule is CC(=O)c1ccc(-n2sccc2=O)cc1. The predicted molar refractivity (Wildman–Crippen MR) is 59.9 cm³/mol. The van der Waals surface area contributed by atoms with Gasteiger partial charge in [0.2, 0.25) is 0 Å². The molecule has 3 nitrogen and oxygen atoms in total. The third-order valence-electron chi connectivity index (χ3n) is 2.09. The molecule has 0 aliphatic heterocycles. The number of hydrogen-bond donors (Lipinski definition) is 0. The number of ketones is 1. The molecule has 0 unspecified atom stereocenters. The molecule has 0 radical (unpaired) electrons. The molecule has 0 bridgehead atoms. The molecule has 0 spiro atoms. The van der Waals surface area contributed by atoms with Crippen LogP contribution in [0.3, 0.4) is 0 Å². The summed E-state index contributed by atoms with van der Waals surface area (Å²) in [6, 6.07) is 8.51. The van der Waals surface area contributed by atoms with Crippen molar-refractivity contribution in [2.75, 3.05) is 0 Å². The molecule has 0 N–H and O–H groups in total. The number of aromatic nitrogens is 1. The molecular weight excluding hydrogens is 210 g/mol. The average Bonchev–Trinajstić information content (AvgIpc) is 2.65. The Balaban J connectivity index is 2.44.